The summed E-state index contributed by atoms with van der Waals surface area (Å²) in [6.45, 7) is 3.92. The van der Waals surface area contributed by atoms with Gasteiger partial charge in [0.25, 0.3) is 5.91 Å². The van der Waals surface area contributed by atoms with Crippen LogP contribution in [0.2, 0.25) is 0 Å². The van der Waals surface area contributed by atoms with Crippen molar-refractivity contribution in [2.45, 2.75) is 20.0 Å². The second kappa shape index (κ2) is 9.55. The van der Waals surface area contributed by atoms with E-state index in [0.29, 0.717) is 11.4 Å². The fourth-order valence-electron chi connectivity index (χ4n) is 2.95. The van der Waals surface area contributed by atoms with Crippen LogP contribution in [0.4, 0.5) is 30.2 Å². The van der Waals surface area contributed by atoms with Gasteiger partial charge in [-0.25, -0.2) is 0 Å². The molecule has 0 atom stereocenters. The van der Waals surface area contributed by atoms with E-state index in [1.54, 1.807) is 12.1 Å². The summed E-state index contributed by atoms with van der Waals surface area (Å²) in [6.07, 6.45) is -4.50. The molecule has 8 heteroatoms. The van der Waals surface area contributed by atoms with Gasteiger partial charge in [0.15, 0.2) is 0 Å². The number of halogens is 3. The number of aryl methyl sites for hydroxylation is 2. The van der Waals surface area contributed by atoms with Gasteiger partial charge in [-0.15, -0.1) is 0 Å². The molecule has 32 heavy (non-hydrogen) atoms. The van der Waals surface area contributed by atoms with E-state index >= 15 is 0 Å². The number of carbonyl (C=O) groups is 2. The first-order valence-corrected chi connectivity index (χ1v) is 9.81. The molecule has 2 amide bonds. The van der Waals surface area contributed by atoms with Gasteiger partial charge in [-0.05, 0) is 73.5 Å². The SMILES string of the molecule is Cc1ccc(NC(=O)CNc2cccc(C(=O)Nc3cccc(C(F)(F)F)c3)c2)cc1C. The van der Waals surface area contributed by atoms with Crippen LogP contribution in [-0.2, 0) is 11.0 Å². The van der Waals surface area contributed by atoms with E-state index in [4.69, 9.17) is 0 Å². The fraction of sp³-hybridized carbons (Fsp3) is 0.167. The van der Waals surface area contributed by atoms with E-state index in [2.05, 4.69) is 16.0 Å². The minimum atomic E-state index is -4.50. The van der Waals surface area contributed by atoms with Gasteiger partial charge in [0.2, 0.25) is 5.91 Å². The molecule has 0 aliphatic carbocycles. The van der Waals surface area contributed by atoms with Gasteiger partial charge in [-0.2, -0.15) is 13.2 Å². The van der Waals surface area contributed by atoms with Crippen LogP contribution in [0.25, 0.3) is 0 Å². The second-order valence-corrected chi connectivity index (χ2v) is 7.31. The van der Waals surface area contributed by atoms with Gasteiger partial charge in [-0.3, -0.25) is 9.59 Å². The van der Waals surface area contributed by atoms with Gasteiger partial charge in [-0.1, -0.05) is 18.2 Å². The number of nitrogens with one attached hydrogen (secondary N) is 3. The van der Waals surface area contributed by atoms with Crippen LogP contribution >= 0.6 is 0 Å². The van der Waals surface area contributed by atoms with Gasteiger partial charge in [0, 0.05) is 22.6 Å². The molecule has 0 spiro atoms. The first kappa shape index (κ1) is 22.9. The first-order valence-electron chi connectivity index (χ1n) is 9.81. The molecule has 0 heterocycles. The summed E-state index contributed by atoms with van der Waals surface area (Å²) in [5.74, 6) is -0.820. The fourth-order valence-corrected chi connectivity index (χ4v) is 2.95. The number of alkyl halides is 3. The Kier molecular flexibility index (Phi) is 6.82. The second-order valence-electron chi connectivity index (χ2n) is 7.31. The molecule has 0 saturated carbocycles. The molecule has 0 aliphatic heterocycles. The van der Waals surface area contributed by atoms with E-state index in [1.165, 1.54) is 24.3 Å². The van der Waals surface area contributed by atoms with Crippen molar-refractivity contribution in [3.05, 3.63) is 89.0 Å². The number of hydrogen-bond acceptors (Lipinski definition) is 3. The molecule has 0 fully saturated rings. The summed E-state index contributed by atoms with van der Waals surface area (Å²) in [6, 6.07) is 16.4. The topological polar surface area (TPSA) is 70.2 Å². The Balaban J connectivity index is 1.60. The molecule has 3 N–H and O–H groups in total. The van der Waals surface area contributed by atoms with Gasteiger partial charge in [0.05, 0.1) is 12.1 Å². The molecule has 0 aromatic heterocycles. The Morgan fingerprint density at radius 3 is 2.19 bits per heavy atom. The van der Waals surface area contributed by atoms with Crippen LogP contribution in [0.5, 0.6) is 0 Å². The maximum atomic E-state index is 12.9. The number of amides is 2. The Morgan fingerprint density at radius 2 is 1.47 bits per heavy atom. The molecule has 0 bridgehead atoms. The van der Waals surface area contributed by atoms with Crippen molar-refractivity contribution < 1.29 is 22.8 Å². The highest BCUT2D eigenvalue weighted by Gasteiger charge is 2.30. The van der Waals surface area contributed by atoms with E-state index in [-0.39, 0.29) is 23.7 Å². The minimum absolute atomic E-state index is 0.0222. The van der Waals surface area contributed by atoms with Crippen molar-refractivity contribution in [1.82, 2.24) is 0 Å². The van der Waals surface area contributed by atoms with Crippen LogP contribution in [0.15, 0.2) is 66.7 Å². The average Bonchev–Trinajstić information content (AvgIpc) is 2.75. The lowest BCUT2D eigenvalue weighted by atomic mass is 10.1. The van der Waals surface area contributed by atoms with Crippen LogP contribution < -0.4 is 16.0 Å². The molecular weight excluding hydrogens is 419 g/mol. The van der Waals surface area contributed by atoms with Crippen molar-refractivity contribution in [3.8, 4) is 0 Å². The number of carbonyl (C=O) groups excluding carboxylic acids is 2. The summed E-state index contributed by atoms with van der Waals surface area (Å²) in [7, 11) is 0. The molecule has 0 radical (unpaired) electrons. The predicted octanol–water partition coefficient (Wildman–Crippen LogP) is 5.63. The zero-order chi connectivity index (χ0) is 23.3. The lowest BCUT2D eigenvalue weighted by molar-refractivity contribution is -0.137. The monoisotopic (exact) mass is 441 g/mol. The zero-order valence-electron chi connectivity index (χ0n) is 17.5. The molecule has 3 rings (SSSR count). The van der Waals surface area contributed by atoms with Gasteiger partial charge < -0.3 is 16.0 Å². The summed E-state index contributed by atoms with van der Waals surface area (Å²) >= 11 is 0. The van der Waals surface area contributed by atoms with E-state index in [9.17, 15) is 22.8 Å². The third-order valence-electron chi connectivity index (χ3n) is 4.82. The maximum absolute atomic E-state index is 12.9. The van der Waals surface area contributed by atoms with Gasteiger partial charge in [0.1, 0.15) is 0 Å². The number of hydrogen-bond donors (Lipinski definition) is 3. The maximum Gasteiger partial charge on any atom is 0.416 e. The highest BCUT2D eigenvalue weighted by molar-refractivity contribution is 6.05. The molecule has 5 nitrogen and oxygen atoms in total. The van der Waals surface area contributed by atoms with Crippen molar-refractivity contribution in [2.24, 2.45) is 0 Å². The molecular formula is C24H22F3N3O2. The third-order valence-corrected chi connectivity index (χ3v) is 4.82. The summed E-state index contributed by atoms with van der Waals surface area (Å²) in [5, 5.41) is 8.19. The number of anilines is 3. The number of rotatable bonds is 6. The van der Waals surface area contributed by atoms with Crippen molar-refractivity contribution >= 4 is 28.9 Å². The van der Waals surface area contributed by atoms with E-state index in [0.717, 1.165) is 23.3 Å². The lowest BCUT2D eigenvalue weighted by Crippen LogP contribution is -2.22. The summed E-state index contributed by atoms with van der Waals surface area (Å²) < 4.78 is 38.6. The predicted molar refractivity (Wildman–Crippen MR) is 119 cm³/mol. The minimum Gasteiger partial charge on any atom is -0.376 e. The molecule has 0 saturated heterocycles. The summed E-state index contributed by atoms with van der Waals surface area (Å²) in [5.41, 5.74) is 2.83. The Labute approximate surface area is 183 Å². The largest absolute Gasteiger partial charge is 0.416 e. The molecule has 3 aromatic rings. The Morgan fingerprint density at radius 1 is 0.781 bits per heavy atom. The standard InChI is InChI=1S/C24H22F3N3O2/c1-15-9-10-21(11-16(15)2)29-22(31)14-28-19-7-3-5-17(12-19)23(32)30-20-8-4-6-18(13-20)24(25,26)27/h3-13,28H,14H2,1-2H3,(H,29,31)(H,30,32). The Bertz CT molecular complexity index is 1140. The van der Waals surface area contributed by atoms with Crippen molar-refractivity contribution in [2.75, 3.05) is 22.5 Å². The van der Waals surface area contributed by atoms with E-state index < -0.39 is 17.6 Å². The molecule has 0 unspecified atom stereocenters. The molecule has 166 valence electrons. The Hall–Kier alpha value is -3.81. The molecule has 0 aliphatic rings. The average molecular weight is 441 g/mol. The summed E-state index contributed by atoms with van der Waals surface area (Å²) in [4.78, 5) is 24.7. The molecule has 3 aromatic carbocycles. The smallest absolute Gasteiger partial charge is 0.376 e. The van der Waals surface area contributed by atoms with Crippen molar-refractivity contribution in [1.29, 1.82) is 0 Å². The quantitative estimate of drug-likeness (QED) is 0.465. The third kappa shape index (κ3) is 6.10. The first-order chi connectivity index (χ1) is 15.1. The highest BCUT2D eigenvalue weighted by Crippen LogP contribution is 2.30. The highest BCUT2D eigenvalue weighted by atomic mass is 19.4. The van der Waals surface area contributed by atoms with Crippen LogP contribution in [0, 0.1) is 13.8 Å². The zero-order valence-corrected chi connectivity index (χ0v) is 17.5. The number of benzene rings is 3. The van der Waals surface area contributed by atoms with E-state index in [1.807, 2.05) is 32.0 Å². The van der Waals surface area contributed by atoms with Crippen molar-refractivity contribution in [3.63, 3.8) is 0 Å². The normalized spacial score (nSPS) is 11.0. The lowest BCUT2D eigenvalue weighted by Gasteiger charge is -2.11. The van der Waals surface area contributed by atoms with Gasteiger partial charge >= 0.3 is 6.18 Å². The van der Waals surface area contributed by atoms with Crippen LogP contribution in [0.1, 0.15) is 27.0 Å². The van der Waals surface area contributed by atoms with Crippen LogP contribution in [0.3, 0.4) is 0 Å². The van der Waals surface area contributed by atoms with Crippen LogP contribution in [-0.4, -0.2) is 18.4 Å².